The molecule has 0 spiro atoms. The van der Waals surface area contributed by atoms with Gasteiger partial charge >= 0.3 is 0 Å². The fourth-order valence-electron chi connectivity index (χ4n) is 0.852. The third-order valence-electron chi connectivity index (χ3n) is 1.38. The monoisotopic (exact) mass is 212 g/mol. The van der Waals surface area contributed by atoms with Gasteiger partial charge in [0.1, 0.15) is 16.3 Å². The first kappa shape index (κ1) is 8.46. The predicted molar refractivity (Wildman–Crippen MR) is 52.8 cm³/mol. The highest BCUT2D eigenvalue weighted by Gasteiger charge is 2.22. The van der Waals surface area contributed by atoms with Gasteiger partial charge in [-0.1, -0.05) is 29.1 Å². The van der Waals surface area contributed by atoms with E-state index in [1.807, 2.05) is 0 Å². The summed E-state index contributed by atoms with van der Waals surface area (Å²) in [7, 11) is 0. The Morgan fingerprint density at radius 1 is 1.69 bits per heavy atom. The SMILES string of the molecule is O=C1NC(=S)S/C1=C\c1ccon1. The zero-order chi connectivity index (χ0) is 9.26. The minimum absolute atomic E-state index is 0.182. The number of nitrogens with one attached hydrogen (secondary N) is 1. The summed E-state index contributed by atoms with van der Waals surface area (Å²) in [5, 5.41) is 6.16. The molecule has 13 heavy (non-hydrogen) atoms. The van der Waals surface area contributed by atoms with Gasteiger partial charge in [-0.05, 0) is 6.08 Å². The van der Waals surface area contributed by atoms with Crippen LogP contribution in [0.1, 0.15) is 5.69 Å². The number of carbonyl (C=O) groups excluding carboxylic acids is 1. The van der Waals surface area contributed by atoms with Crippen molar-refractivity contribution in [2.45, 2.75) is 0 Å². The number of hydrogen-bond donors (Lipinski definition) is 1. The Hall–Kier alpha value is -1.14. The van der Waals surface area contributed by atoms with Gasteiger partial charge in [-0.3, -0.25) is 4.79 Å². The van der Waals surface area contributed by atoms with E-state index in [9.17, 15) is 4.79 Å². The molecule has 1 aromatic heterocycles. The summed E-state index contributed by atoms with van der Waals surface area (Å²) >= 11 is 6.04. The fraction of sp³-hybridized carbons (Fsp3) is 0. The van der Waals surface area contributed by atoms with Crippen LogP contribution >= 0.6 is 24.0 Å². The lowest BCUT2D eigenvalue weighted by Gasteiger charge is -1.86. The number of aromatic nitrogens is 1. The fourth-order valence-corrected chi connectivity index (χ4v) is 1.88. The van der Waals surface area contributed by atoms with Crippen LogP contribution in [0.15, 0.2) is 21.8 Å². The Labute approximate surface area is 83.4 Å². The first-order valence-corrected chi connectivity index (χ1v) is 4.63. The summed E-state index contributed by atoms with van der Waals surface area (Å²) in [4.78, 5) is 11.7. The molecule has 1 aliphatic rings. The van der Waals surface area contributed by atoms with Crippen LogP contribution in [-0.4, -0.2) is 15.4 Å². The zero-order valence-electron chi connectivity index (χ0n) is 6.31. The molecule has 1 aliphatic heterocycles. The van der Waals surface area contributed by atoms with Crippen molar-refractivity contribution in [1.29, 1.82) is 0 Å². The minimum Gasteiger partial charge on any atom is -0.364 e. The molecule has 0 atom stereocenters. The van der Waals surface area contributed by atoms with Crippen molar-refractivity contribution >= 4 is 40.3 Å². The summed E-state index contributed by atoms with van der Waals surface area (Å²) in [5.74, 6) is -0.182. The third kappa shape index (κ3) is 1.78. The predicted octanol–water partition coefficient (Wildman–Crippen LogP) is 1.16. The number of rotatable bonds is 1. The molecule has 2 heterocycles. The lowest BCUT2D eigenvalue weighted by atomic mass is 10.4. The highest BCUT2D eigenvalue weighted by molar-refractivity contribution is 8.26. The smallest absolute Gasteiger partial charge is 0.263 e. The van der Waals surface area contributed by atoms with Crippen LogP contribution in [-0.2, 0) is 4.79 Å². The van der Waals surface area contributed by atoms with Crippen molar-refractivity contribution in [2.75, 3.05) is 0 Å². The molecular weight excluding hydrogens is 208 g/mol. The van der Waals surface area contributed by atoms with Crippen LogP contribution in [0.2, 0.25) is 0 Å². The third-order valence-corrected chi connectivity index (χ3v) is 2.54. The van der Waals surface area contributed by atoms with Crippen molar-refractivity contribution in [3.8, 4) is 0 Å². The van der Waals surface area contributed by atoms with Gasteiger partial charge in [-0.15, -0.1) is 0 Å². The zero-order valence-corrected chi connectivity index (χ0v) is 7.95. The maximum absolute atomic E-state index is 11.2. The number of hydrogen-bond acceptors (Lipinski definition) is 5. The lowest BCUT2D eigenvalue weighted by molar-refractivity contribution is -0.115. The lowest BCUT2D eigenvalue weighted by Crippen LogP contribution is -2.17. The van der Waals surface area contributed by atoms with Gasteiger partial charge in [0.2, 0.25) is 0 Å². The normalized spacial score (nSPS) is 19.5. The highest BCUT2D eigenvalue weighted by atomic mass is 32.2. The molecule has 0 unspecified atom stereocenters. The van der Waals surface area contributed by atoms with E-state index in [0.29, 0.717) is 14.9 Å². The van der Waals surface area contributed by atoms with E-state index in [1.54, 1.807) is 12.1 Å². The average Bonchev–Trinajstić information content (AvgIpc) is 2.63. The molecule has 1 fully saturated rings. The Bertz CT molecular complexity index is 383. The van der Waals surface area contributed by atoms with Crippen LogP contribution in [0.3, 0.4) is 0 Å². The average molecular weight is 212 g/mol. The molecule has 6 heteroatoms. The van der Waals surface area contributed by atoms with Crippen molar-refractivity contribution in [3.63, 3.8) is 0 Å². The molecular formula is C7H4N2O2S2. The molecule has 0 aromatic carbocycles. The Morgan fingerprint density at radius 2 is 2.54 bits per heavy atom. The first-order chi connectivity index (χ1) is 6.25. The van der Waals surface area contributed by atoms with Gasteiger partial charge in [0.05, 0.1) is 4.91 Å². The standard InChI is InChI=1S/C7H4N2O2S2/c10-6-5(13-7(12)8-6)3-4-1-2-11-9-4/h1-3H,(H,8,10,12)/b5-3-. The number of thiocarbonyl (C=S) groups is 1. The maximum atomic E-state index is 11.2. The quantitative estimate of drug-likeness (QED) is 0.559. The molecule has 0 aliphatic carbocycles. The molecule has 4 nitrogen and oxygen atoms in total. The molecule has 2 rings (SSSR count). The van der Waals surface area contributed by atoms with Crippen LogP contribution in [0.25, 0.3) is 6.08 Å². The second kappa shape index (κ2) is 3.31. The summed E-state index contributed by atoms with van der Waals surface area (Å²) in [6.45, 7) is 0. The van der Waals surface area contributed by atoms with Crippen LogP contribution in [0.5, 0.6) is 0 Å². The summed E-state index contributed by atoms with van der Waals surface area (Å²) in [5.41, 5.74) is 0.613. The molecule has 0 saturated carbocycles. The van der Waals surface area contributed by atoms with Gasteiger partial charge in [-0.2, -0.15) is 0 Å². The number of carbonyl (C=O) groups is 1. The largest absolute Gasteiger partial charge is 0.364 e. The molecule has 66 valence electrons. The van der Waals surface area contributed by atoms with E-state index < -0.39 is 0 Å². The van der Waals surface area contributed by atoms with E-state index >= 15 is 0 Å². The van der Waals surface area contributed by atoms with Gasteiger partial charge in [0, 0.05) is 6.07 Å². The molecule has 1 amide bonds. The Balaban J connectivity index is 2.27. The van der Waals surface area contributed by atoms with Crippen LogP contribution in [0, 0.1) is 0 Å². The van der Waals surface area contributed by atoms with Gasteiger partial charge in [-0.25, -0.2) is 0 Å². The second-order valence-electron chi connectivity index (χ2n) is 2.28. The molecule has 0 bridgehead atoms. The van der Waals surface area contributed by atoms with Crippen LogP contribution < -0.4 is 5.32 Å². The van der Waals surface area contributed by atoms with E-state index in [-0.39, 0.29) is 5.91 Å². The second-order valence-corrected chi connectivity index (χ2v) is 4.00. The van der Waals surface area contributed by atoms with Crippen molar-refractivity contribution in [2.24, 2.45) is 0 Å². The summed E-state index contributed by atoms with van der Waals surface area (Å²) in [6.07, 6.45) is 3.07. The topological polar surface area (TPSA) is 55.1 Å². The van der Waals surface area contributed by atoms with Gasteiger partial charge in [0.15, 0.2) is 0 Å². The van der Waals surface area contributed by atoms with Crippen LogP contribution in [0.4, 0.5) is 0 Å². The Morgan fingerprint density at radius 3 is 3.08 bits per heavy atom. The van der Waals surface area contributed by atoms with E-state index in [2.05, 4.69) is 15.0 Å². The van der Waals surface area contributed by atoms with Gasteiger partial charge in [0.25, 0.3) is 5.91 Å². The van der Waals surface area contributed by atoms with Crippen molar-refractivity contribution in [3.05, 3.63) is 22.9 Å². The maximum Gasteiger partial charge on any atom is 0.263 e. The molecule has 1 N–H and O–H groups in total. The highest BCUT2D eigenvalue weighted by Crippen LogP contribution is 2.25. The molecule has 1 aromatic rings. The first-order valence-electron chi connectivity index (χ1n) is 3.41. The number of amides is 1. The summed E-state index contributed by atoms with van der Waals surface area (Å²) in [6, 6.07) is 1.67. The van der Waals surface area contributed by atoms with Crippen molar-refractivity contribution < 1.29 is 9.32 Å². The van der Waals surface area contributed by atoms with Gasteiger partial charge < -0.3 is 9.84 Å². The van der Waals surface area contributed by atoms with Crippen molar-refractivity contribution in [1.82, 2.24) is 10.5 Å². The Kier molecular flexibility index (Phi) is 2.15. The van der Waals surface area contributed by atoms with E-state index in [0.717, 1.165) is 0 Å². The number of nitrogens with zero attached hydrogens (tertiary/aromatic N) is 1. The van der Waals surface area contributed by atoms with E-state index in [4.69, 9.17) is 12.2 Å². The molecule has 1 saturated heterocycles. The summed E-state index contributed by atoms with van der Waals surface area (Å²) < 4.78 is 5.09. The molecule has 0 radical (unpaired) electrons. The number of thioether (sulfide) groups is 1. The minimum atomic E-state index is -0.182. The van der Waals surface area contributed by atoms with E-state index in [1.165, 1.54) is 18.0 Å².